The third-order valence-electron chi connectivity index (χ3n) is 6.98. The molecule has 140 valence electrons. The van der Waals surface area contributed by atoms with E-state index in [2.05, 4.69) is 26.1 Å². The Balaban J connectivity index is 1.54. The molecule has 0 spiro atoms. The Bertz CT molecular complexity index is 712. The fraction of sp³-hybridized carbons (Fsp3) is 0.632. The van der Waals surface area contributed by atoms with Gasteiger partial charge in [0.05, 0.1) is 17.6 Å². The van der Waals surface area contributed by atoms with E-state index in [9.17, 15) is 14.3 Å². The van der Waals surface area contributed by atoms with Crippen molar-refractivity contribution in [1.29, 1.82) is 0 Å². The first-order valence-electron chi connectivity index (χ1n) is 9.27. The minimum Gasteiger partial charge on any atom is -0.465 e. The molecular formula is C19H25BFNO4. The molecule has 1 aromatic carbocycles. The lowest BCUT2D eigenvalue weighted by molar-refractivity contribution is -0.199. The first-order chi connectivity index (χ1) is 12.2. The standard InChI is InChI=1S/C19H25BFNO4/c1-18(2)12-9-14(18)19(3)15(10-12)25-20(26-19)16(22-17(23)24)8-11-4-6-13(21)7-5-11/h4-7,12,14-16,22H,8-10H2,1-3H3,(H,23,24)/t12-,14-,15+,16?,19-/m0/s1. The molecule has 5 rings (SSSR count). The predicted octanol–water partition coefficient (Wildman–Crippen LogP) is 3.27. The highest BCUT2D eigenvalue weighted by atomic mass is 19.1. The molecular weight excluding hydrogens is 336 g/mol. The Kier molecular flexibility index (Phi) is 4.08. The third kappa shape index (κ3) is 2.72. The van der Waals surface area contributed by atoms with Crippen LogP contribution in [0.25, 0.3) is 0 Å². The molecule has 3 saturated carbocycles. The highest BCUT2D eigenvalue weighted by Gasteiger charge is 2.68. The first kappa shape index (κ1) is 17.8. The first-order valence-corrected chi connectivity index (χ1v) is 9.27. The van der Waals surface area contributed by atoms with Crippen LogP contribution in [0.5, 0.6) is 0 Å². The van der Waals surface area contributed by atoms with Gasteiger partial charge < -0.3 is 19.7 Å². The average molecular weight is 361 g/mol. The summed E-state index contributed by atoms with van der Waals surface area (Å²) in [6, 6.07) is 6.08. The fourth-order valence-electron chi connectivity index (χ4n) is 5.32. The van der Waals surface area contributed by atoms with E-state index in [1.54, 1.807) is 12.1 Å². The van der Waals surface area contributed by atoms with E-state index >= 15 is 0 Å². The van der Waals surface area contributed by atoms with Gasteiger partial charge in [0.25, 0.3) is 0 Å². The zero-order valence-electron chi connectivity index (χ0n) is 15.4. The van der Waals surface area contributed by atoms with E-state index in [1.807, 2.05) is 0 Å². The van der Waals surface area contributed by atoms with Gasteiger partial charge >= 0.3 is 13.2 Å². The number of hydrogen-bond donors (Lipinski definition) is 2. The van der Waals surface area contributed by atoms with Crippen LogP contribution in [0.4, 0.5) is 9.18 Å². The lowest BCUT2D eigenvalue weighted by atomic mass is 9.43. The highest BCUT2D eigenvalue weighted by molar-refractivity contribution is 6.47. The number of rotatable bonds is 4. The Morgan fingerprint density at radius 1 is 1.35 bits per heavy atom. The second-order valence-electron chi connectivity index (χ2n) is 8.72. The van der Waals surface area contributed by atoms with Gasteiger partial charge in [-0.1, -0.05) is 26.0 Å². The summed E-state index contributed by atoms with van der Waals surface area (Å²) < 4.78 is 25.7. The molecule has 1 amide bonds. The van der Waals surface area contributed by atoms with Crippen LogP contribution in [-0.2, 0) is 15.7 Å². The summed E-state index contributed by atoms with van der Waals surface area (Å²) in [5.74, 6) is 0.196. The number of carbonyl (C=O) groups is 1. The summed E-state index contributed by atoms with van der Waals surface area (Å²) >= 11 is 0. The maximum atomic E-state index is 13.1. The van der Waals surface area contributed by atoms with Crippen molar-refractivity contribution in [2.45, 2.75) is 57.7 Å². The molecule has 7 heteroatoms. The molecule has 1 heterocycles. The Hall–Kier alpha value is -1.60. The van der Waals surface area contributed by atoms with Crippen molar-refractivity contribution >= 4 is 13.2 Å². The molecule has 2 N–H and O–H groups in total. The van der Waals surface area contributed by atoms with Gasteiger partial charge in [-0.05, 0) is 61.1 Å². The van der Waals surface area contributed by atoms with Crippen LogP contribution in [0.2, 0.25) is 0 Å². The van der Waals surface area contributed by atoms with Crippen molar-refractivity contribution in [3.63, 3.8) is 0 Å². The number of benzene rings is 1. The Morgan fingerprint density at radius 2 is 2.04 bits per heavy atom. The van der Waals surface area contributed by atoms with Crippen molar-refractivity contribution in [3.8, 4) is 0 Å². The second kappa shape index (κ2) is 5.96. The van der Waals surface area contributed by atoms with Crippen LogP contribution >= 0.6 is 0 Å². The second-order valence-corrected chi connectivity index (χ2v) is 8.72. The Morgan fingerprint density at radius 3 is 2.65 bits per heavy atom. The van der Waals surface area contributed by atoms with E-state index in [4.69, 9.17) is 9.31 Å². The minimum absolute atomic E-state index is 0.00409. The maximum Gasteiger partial charge on any atom is 0.482 e. The van der Waals surface area contributed by atoms with Crippen molar-refractivity contribution in [3.05, 3.63) is 35.6 Å². The van der Waals surface area contributed by atoms with Crippen LogP contribution in [0.15, 0.2) is 24.3 Å². The smallest absolute Gasteiger partial charge is 0.465 e. The summed E-state index contributed by atoms with van der Waals surface area (Å²) in [5, 5.41) is 11.8. The third-order valence-corrected chi connectivity index (χ3v) is 6.98. The summed E-state index contributed by atoms with van der Waals surface area (Å²) in [6.07, 6.45) is 1.36. The Labute approximate surface area is 153 Å². The molecule has 1 aliphatic heterocycles. The molecule has 0 aromatic heterocycles. The number of hydrogen-bond acceptors (Lipinski definition) is 3. The van der Waals surface area contributed by atoms with Gasteiger partial charge in [0.1, 0.15) is 5.82 Å². The van der Waals surface area contributed by atoms with Crippen LogP contribution < -0.4 is 5.32 Å². The highest BCUT2D eigenvalue weighted by Crippen LogP contribution is 2.65. The molecule has 26 heavy (non-hydrogen) atoms. The molecule has 0 radical (unpaired) electrons. The zero-order valence-corrected chi connectivity index (χ0v) is 15.4. The number of amides is 1. The SMILES string of the molecule is CC1(C)[C@@H]2C[C@H]3OB(C(Cc4ccc(F)cc4)NC(=O)O)O[C@@]3(C)[C@H]1C2. The molecule has 3 aliphatic carbocycles. The summed E-state index contributed by atoms with van der Waals surface area (Å²) in [7, 11) is -0.638. The normalized spacial score (nSPS) is 35.4. The van der Waals surface area contributed by atoms with Crippen LogP contribution in [0.1, 0.15) is 39.2 Å². The fourth-order valence-corrected chi connectivity index (χ4v) is 5.32. The maximum absolute atomic E-state index is 13.1. The number of nitrogens with one attached hydrogen (secondary N) is 1. The largest absolute Gasteiger partial charge is 0.482 e. The van der Waals surface area contributed by atoms with Gasteiger partial charge in [-0.2, -0.15) is 0 Å². The molecule has 2 bridgehead atoms. The van der Waals surface area contributed by atoms with Gasteiger partial charge in [-0.3, -0.25) is 0 Å². The molecule has 1 saturated heterocycles. The molecule has 4 fully saturated rings. The summed E-state index contributed by atoms with van der Waals surface area (Å²) in [4.78, 5) is 11.3. The monoisotopic (exact) mass is 361 g/mol. The van der Waals surface area contributed by atoms with Crippen LogP contribution in [0.3, 0.4) is 0 Å². The summed E-state index contributed by atoms with van der Waals surface area (Å²) in [5.41, 5.74) is 0.683. The number of halogens is 1. The molecule has 1 unspecified atom stereocenters. The van der Waals surface area contributed by atoms with Gasteiger partial charge in [0, 0.05) is 0 Å². The number of carboxylic acid groups (broad SMARTS) is 1. The van der Waals surface area contributed by atoms with Crippen molar-refractivity contribution < 1.29 is 23.6 Å². The van der Waals surface area contributed by atoms with Gasteiger partial charge in [0.15, 0.2) is 0 Å². The van der Waals surface area contributed by atoms with Crippen LogP contribution in [0, 0.1) is 23.1 Å². The lowest BCUT2D eigenvalue weighted by Crippen LogP contribution is -2.65. The predicted molar refractivity (Wildman–Crippen MR) is 95.2 cm³/mol. The molecule has 1 aromatic rings. The average Bonchev–Trinajstić information content (AvgIpc) is 2.92. The molecule has 4 aliphatic rings. The van der Waals surface area contributed by atoms with Gasteiger partial charge in [-0.15, -0.1) is 0 Å². The van der Waals surface area contributed by atoms with Gasteiger partial charge in [-0.25, -0.2) is 9.18 Å². The molecule has 5 nitrogen and oxygen atoms in total. The van der Waals surface area contributed by atoms with E-state index in [-0.39, 0.29) is 22.9 Å². The van der Waals surface area contributed by atoms with Gasteiger partial charge in [0.2, 0.25) is 0 Å². The van der Waals surface area contributed by atoms with Crippen molar-refractivity contribution in [2.24, 2.45) is 17.3 Å². The van der Waals surface area contributed by atoms with Crippen molar-refractivity contribution in [2.75, 3.05) is 0 Å². The van der Waals surface area contributed by atoms with E-state index in [1.165, 1.54) is 12.1 Å². The molecule has 5 atom stereocenters. The zero-order chi connectivity index (χ0) is 18.7. The topological polar surface area (TPSA) is 67.8 Å². The summed E-state index contributed by atoms with van der Waals surface area (Å²) in [6.45, 7) is 6.68. The lowest BCUT2D eigenvalue weighted by Gasteiger charge is -2.64. The van der Waals surface area contributed by atoms with Crippen LogP contribution in [-0.4, -0.2) is 36.0 Å². The van der Waals surface area contributed by atoms with E-state index < -0.39 is 19.2 Å². The quantitative estimate of drug-likeness (QED) is 0.808. The van der Waals surface area contributed by atoms with E-state index in [0.717, 1.165) is 18.4 Å². The minimum atomic E-state index is -1.12. The van der Waals surface area contributed by atoms with Crippen molar-refractivity contribution in [1.82, 2.24) is 5.32 Å². The van der Waals surface area contributed by atoms with E-state index in [0.29, 0.717) is 18.3 Å².